The van der Waals surface area contributed by atoms with Crippen LogP contribution < -0.4 is 5.43 Å². The molecule has 80 valence electrons. The lowest BCUT2D eigenvalue weighted by Gasteiger charge is -1.97. The summed E-state index contributed by atoms with van der Waals surface area (Å²) >= 11 is 5.38. The van der Waals surface area contributed by atoms with Crippen LogP contribution in [0.2, 0.25) is 0 Å². The van der Waals surface area contributed by atoms with E-state index in [1.54, 1.807) is 12.1 Å². The van der Waals surface area contributed by atoms with Crippen molar-refractivity contribution in [3.63, 3.8) is 0 Å². The van der Waals surface area contributed by atoms with E-state index in [1.165, 1.54) is 12.1 Å². The maximum absolute atomic E-state index is 10.3. The summed E-state index contributed by atoms with van der Waals surface area (Å²) in [7, 11) is 0. The number of nitrogens with one attached hydrogen (secondary N) is 1. The van der Waals surface area contributed by atoms with Crippen LogP contribution in [0.25, 0.3) is 0 Å². The number of hydrogen-bond acceptors (Lipinski definition) is 4. The minimum absolute atomic E-state index is 0.0400. The van der Waals surface area contributed by atoms with Crippen LogP contribution in [0.3, 0.4) is 0 Å². The number of non-ortho nitro benzene ring substituents is 1. The van der Waals surface area contributed by atoms with Gasteiger partial charge in [-0.1, -0.05) is 5.22 Å². The molecule has 0 radical (unpaired) electrons. The fourth-order valence-electron chi connectivity index (χ4n) is 0.839. The Bertz CT molecular complexity index is 352. The smallest absolute Gasteiger partial charge is 0.260 e. The molecule has 0 aliphatic carbocycles. The number of halogens is 1. The SMILES string of the molecule is O=[N+]([O-])c1ccc(NN=NCCCl)cc1. The molecule has 0 aliphatic rings. The summed E-state index contributed by atoms with van der Waals surface area (Å²) in [4.78, 5) is 9.88. The lowest BCUT2D eigenvalue weighted by atomic mass is 10.3. The van der Waals surface area contributed by atoms with Gasteiger partial charge in [-0.25, -0.2) is 0 Å². The van der Waals surface area contributed by atoms with Gasteiger partial charge in [0.2, 0.25) is 0 Å². The molecule has 1 aromatic carbocycles. The minimum Gasteiger partial charge on any atom is -0.260 e. The van der Waals surface area contributed by atoms with Crippen molar-refractivity contribution >= 4 is 23.0 Å². The van der Waals surface area contributed by atoms with Crippen LogP contribution in [0.15, 0.2) is 34.6 Å². The zero-order valence-electron chi connectivity index (χ0n) is 7.76. The summed E-state index contributed by atoms with van der Waals surface area (Å²) in [6, 6.07) is 5.88. The molecule has 0 unspecified atom stereocenters. The Morgan fingerprint density at radius 3 is 2.60 bits per heavy atom. The molecule has 1 N–H and O–H groups in total. The first-order valence-corrected chi connectivity index (χ1v) is 4.70. The number of alkyl halides is 1. The fraction of sp³-hybridized carbons (Fsp3) is 0.250. The van der Waals surface area contributed by atoms with Crippen molar-refractivity contribution in [3.8, 4) is 0 Å². The summed E-state index contributed by atoms with van der Waals surface area (Å²) in [6.07, 6.45) is 0. The van der Waals surface area contributed by atoms with Gasteiger partial charge in [-0.15, -0.1) is 11.6 Å². The first kappa shape index (κ1) is 11.4. The van der Waals surface area contributed by atoms with Crippen LogP contribution in [-0.4, -0.2) is 17.3 Å². The van der Waals surface area contributed by atoms with Crippen LogP contribution in [0.1, 0.15) is 0 Å². The number of anilines is 1. The minimum atomic E-state index is -0.460. The second-order valence-electron chi connectivity index (χ2n) is 2.57. The van der Waals surface area contributed by atoms with Gasteiger partial charge in [0, 0.05) is 18.0 Å². The van der Waals surface area contributed by atoms with Gasteiger partial charge < -0.3 is 0 Å². The molecule has 0 atom stereocenters. The average molecular weight is 229 g/mol. The van der Waals surface area contributed by atoms with Crippen molar-refractivity contribution in [3.05, 3.63) is 34.4 Å². The third-order valence-corrected chi connectivity index (χ3v) is 1.68. The number of nitro benzene ring substituents is 1. The molecule has 0 amide bonds. The molecule has 6 nitrogen and oxygen atoms in total. The number of nitrogens with zero attached hydrogens (tertiary/aromatic N) is 3. The van der Waals surface area contributed by atoms with Gasteiger partial charge in [0.05, 0.1) is 17.2 Å². The highest BCUT2D eigenvalue weighted by Crippen LogP contribution is 2.15. The molecular formula is C8H9ClN4O2. The van der Waals surface area contributed by atoms with Gasteiger partial charge in [-0.05, 0) is 12.1 Å². The van der Waals surface area contributed by atoms with E-state index in [2.05, 4.69) is 15.8 Å². The van der Waals surface area contributed by atoms with E-state index in [1.807, 2.05) is 0 Å². The molecule has 0 bridgehead atoms. The van der Waals surface area contributed by atoms with Crippen LogP contribution in [0, 0.1) is 10.1 Å². The van der Waals surface area contributed by atoms with E-state index in [4.69, 9.17) is 11.6 Å². The normalized spacial score (nSPS) is 10.5. The van der Waals surface area contributed by atoms with Gasteiger partial charge in [0.25, 0.3) is 5.69 Å². The average Bonchev–Trinajstić information content (AvgIpc) is 2.25. The predicted octanol–water partition coefficient (Wildman–Crippen LogP) is 2.61. The quantitative estimate of drug-likeness (QED) is 0.364. The zero-order valence-corrected chi connectivity index (χ0v) is 8.52. The standard InChI is InChI=1S/C8H9ClN4O2/c9-5-6-10-12-11-7-1-3-8(4-2-7)13(14)15/h1-4H,5-6H2,(H,10,11). The monoisotopic (exact) mass is 228 g/mol. The first-order chi connectivity index (χ1) is 7.24. The highest BCUT2D eigenvalue weighted by atomic mass is 35.5. The molecule has 0 saturated carbocycles. The highest BCUT2D eigenvalue weighted by Gasteiger charge is 2.02. The fourth-order valence-corrected chi connectivity index (χ4v) is 0.914. The molecular weight excluding hydrogens is 220 g/mol. The van der Waals surface area contributed by atoms with E-state index in [0.29, 0.717) is 18.1 Å². The molecule has 7 heteroatoms. The van der Waals surface area contributed by atoms with Gasteiger partial charge in [-0.3, -0.25) is 15.5 Å². The van der Waals surface area contributed by atoms with E-state index in [9.17, 15) is 10.1 Å². The molecule has 0 aromatic heterocycles. The van der Waals surface area contributed by atoms with Gasteiger partial charge >= 0.3 is 0 Å². The molecule has 1 rings (SSSR count). The Labute approximate surface area is 91.1 Å². The van der Waals surface area contributed by atoms with Crippen molar-refractivity contribution in [2.75, 3.05) is 17.9 Å². The summed E-state index contributed by atoms with van der Waals surface area (Å²) < 4.78 is 0. The lowest BCUT2D eigenvalue weighted by molar-refractivity contribution is -0.384. The van der Waals surface area contributed by atoms with Gasteiger partial charge in [0.15, 0.2) is 0 Å². The van der Waals surface area contributed by atoms with Crippen molar-refractivity contribution < 1.29 is 4.92 Å². The zero-order chi connectivity index (χ0) is 11.1. The molecule has 15 heavy (non-hydrogen) atoms. The number of nitro groups is 1. The Morgan fingerprint density at radius 2 is 2.07 bits per heavy atom. The summed E-state index contributed by atoms with van der Waals surface area (Å²) in [6.45, 7) is 0.432. The summed E-state index contributed by atoms with van der Waals surface area (Å²) in [5.74, 6) is 0.408. The Kier molecular flexibility index (Phi) is 4.49. The van der Waals surface area contributed by atoms with E-state index < -0.39 is 4.92 Å². The summed E-state index contributed by atoms with van der Waals surface area (Å²) in [5, 5.41) is 17.7. The Morgan fingerprint density at radius 1 is 1.40 bits per heavy atom. The van der Waals surface area contributed by atoms with E-state index in [0.717, 1.165) is 0 Å². The van der Waals surface area contributed by atoms with Crippen molar-refractivity contribution in [2.24, 2.45) is 10.3 Å². The highest BCUT2D eigenvalue weighted by molar-refractivity contribution is 6.18. The largest absolute Gasteiger partial charge is 0.269 e. The van der Waals surface area contributed by atoms with Crippen LogP contribution in [-0.2, 0) is 0 Å². The molecule has 0 fully saturated rings. The third-order valence-electron chi connectivity index (χ3n) is 1.51. The van der Waals surface area contributed by atoms with E-state index in [-0.39, 0.29) is 5.69 Å². The van der Waals surface area contributed by atoms with Crippen LogP contribution >= 0.6 is 11.6 Å². The third kappa shape index (κ3) is 3.90. The maximum atomic E-state index is 10.3. The molecule has 0 saturated heterocycles. The van der Waals surface area contributed by atoms with E-state index >= 15 is 0 Å². The van der Waals surface area contributed by atoms with Crippen molar-refractivity contribution in [1.29, 1.82) is 0 Å². The number of benzene rings is 1. The molecule has 0 aliphatic heterocycles. The van der Waals surface area contributed by atoms with Crippen molar-refractivity contribution in [1.82, 2.24) is 0 Å². The lowest BCUT2D eigenvalue weighted by Crippen LogP contribution is -1.90. The number of hydrogen-bond donors (Lipinski definition) is 1. The molecule has 1 aromatic rings. The van der Waals surface area contributed by atoms with Crippen molar-refractivity contribution in [2.45, 2.75) is 0 Å². The van der Waals surface area contributed by atoms with Gasteiger partial charge in [0.1, 0.15) is 0 Å². The maximum Gasteiger partial charge on any atom is 0.269 e. The van der Waals surface area contributed by atoms with Crippen LogP contribution in [0.4, 0.5) is 11.4 Å². The number of rotatable bonds is 5. The van der Waals surface area contributed by atoms with Crippen LogP contribution in [0.5, 0.6) is 0 Å². The topological polar surface area (TPSA) is 79.9 Å². The Balaban J connectivity index is 2.53. The molecule has 0 heterocycles. The predicted molar refractivity (Wildman–Crippen MR) is 57.2 cm³/mol. The second kappa shape index (κ2) is 5.92. The first-order valence-electron chi connectivity index (χ1n) is 4.17. The molecule has 0 spiro atoms. The Hall–Kier alpha value is -1.69. The van der Waals surface area contributed by atoms with Gasteiger partial charge in [-0.2, -0.15) is 5.11 Å². The second-order valence-corrected chi connectivity index (χ2v) is 2.95. The summed E-state index contributed by atoms with van der Waals surface area (Å²) in [5.41, 5.74) is 3.30.